The second-order valence-corrected chi connectivity index (χ2v) is 7.55. The molecule has 1 atom stereocenters. The van der Waals surface area contributed by atoms with Crippen molar-refractivity contribution in [3.63, 3.8) is 0 Å². The lowest BCUT2D eigenvalue weighted by Crippen LogP contribution is -2.40. The van der Waals surface area contributed by atoms with Crippen LogP contribution in [0, 0.1) is 0 Å². The van der Waals surface area contributed by atoms with Gasteiger partial charge in [-0.25, -0.2) is 9.97 Å². The highest BCUT2D eigenvalue weighted by molar-refractivity contribution is 5.94. The van der Waals surface area contributed by atoms with E-state index in [-0.39, 0.29) is 11.8 Å². The summed E-state index contributed by atoms with van der Waals surface area (Å²) in [6, 6.07) is 9.54. The minimum Gasteiger partial charge on any atom is -0.373 e. The maximum absolute atomic E-state index is 12.8. The van der Waals surface area contributed by atoms with E-state index in [2.05, 4.69) is 17.3 Å². The van der Waals surface area contributed by atoms with Crippen LogP contribution in [0.3, 0.4) is 0 Å². The monoisotopic (exact) mass is 365 g/mol. The number of fused-ring (bicyclic) bond motifs is 1. The molecule has 27 heavy (non-hydrogen) atoms. The largest absolute Gasteiger partial charge is 0.373 e. The molecule has 1 aromatic heterocycles. The topological polar surface area (TPSA) is 61.4 Å². The van der Waals surface area contributed by atoms with E-state index in [1.54, 1.807) is 0 Å². The number of rotatable bonds is 3. The Hall–Kier alpha value is -2.47. The van der Waals surface area contributed by atoms with Gasteiger partial charge >= 0.3 is 0 Å². The van der Waals surface area contributed by atoms with Crippen LogP contribution in [0.4, 0.5) is 5.82 Å². The lowest BCUT2D eigenvalue weighted by molar-refractivity contribution is 0.0704. The number of hydrogen-bond acceptors (Lipinski definition) is 5. The molecule has 1 N–H and O–H groups in total. The quantitative estimate of drug-likeness (QED) is 0.906. The van der Waals surface area contributed by atoms with Crippen LogP contribution in [-0.4, -0.2) is 59.4 Å². The van der Waals surface area contributed by atoms with Crippen molar-refractivity contribution in [3.05, 3.63) is 53.0 Å². The first-order valence-corrected chi connectivity index (χ1v) is 9.76. The lowest BCUT2D eigenvalue weighted by Gasteiger charge is -2.33. The summed E-state index contributed by atoms with van der Waals surface area (Å²) in [5.74, 6) is 2.12. The third-order valence-electron chi connectivity index (χ3n) is 5.60. The molecule has 142 valence electrons. The smallest absolute Gasteiger partial charge is 0.253 e. The SMILES string of the molecule is CNc1nc([C@@H]2CCCN(C(=O)c3ccccc3)C2)nc2c1CCN(C)C2. The Kier molecular flexibility index (Phi) is 5.07. The van der Waals surface area contributed by atoms with Crippen LogP contribution in [0.2, 0.25) is 0 Å². The number of aromatic nitrogens is 2. The first-order chi connectivity index (χ1) is 13.2. The maximum atomic E-state index is 12.8. The Morgan fingerprint density at radius 3 is 2.78 bits per heavy atom. The predicted octanol–water partition coefficient (Wildman–Crippen LogP) is 2.53. The standard InChI is InChI=1S/C21H27N5O/c1-22-20-17-10-12-25(2)14-18(17)23-19(24-20)16-9-6-11-26(13-16)21(27)15-7-4-3-5-8-15/h3-5,7-8,16H,6,9-14H2,1-2H3,(H,22,23,24)/t16-/m1/s1. The van der Waals surface area contributed by atoms with Crippen molar-refractivity contribution in [3.8, 4) is 0 Å². The summed E-state index contributed by atoms with van der Waals surface area (Å²) in [5, 5.41) is 3.26. The summed E-state index contributed by atoms with van der Waals surface area (Å²) < 4.78 is 0. The summed E-state index contributed by atoms with van der Waals surface area (Å²) in [4.78, 5) is 26.9. The van der Waals surface area contributed by atoms with Crippen molar-refractivity contribution in [2.45, 2.75) is 31.7 Å². The van der Waals surface area contributed by atoms with E-state index in [4.69, 9.17) is 9.97 Å². The molecule has 6 heteroatoms. The number of hydrogen-bond donors (Lipinski definition) is 1. The van der Waals surface area contributed by atoms with Gasteiger partial charge in [-0.1, -0.05) is 18.2 Å². The molecule has 0 bridgehead atoms. The van der Waals surface area contributed by atoms with Gasteiger partial charge < -0.3 is 15.1 Å². The van der Waals surface area contributed by atoms with E-state index in [1.165, 1.54) is 5.56 Å². The molecule has 1 fully saturated rings. The van der Waals surface area contributed by atoms with Crippen LogP contribution in [0.25, 0.3) is 0 Å². The number of carbonyl (C=O) groups is 1. The fraction of sp³-hybridized carbons (Fsp3) is 0.476. The number of amides is 1. The van der Waals surface area contributed by atoms with Gasteiger partial charge in [0, 0.05) is 50.3 Å². The minimum atomic E-state index is 0.104. The summed E-state index contributed by atoms with van der Waals surface area (Å²) >= 11 is 0. The Morgan fingerprint density at radius 1 is 1.19 bits per heavy atom. The minimum absolute atomic E-state index is 0.104. The first-order valence-electron chi connectivity index (χ1n) is 9.76. The Bertz CT molecular complexity index is 823. The number of nitrogens with one attached hydrogen (secondary N) is 1. The molecular formula is C21H27N5O. The molecule has 1 aromatic carbocycles. The molecule has 2 aliphatic rings. The van der Waals surface area contributed by atoms with Crippen molar-refractivity contribution in [1.82, 2.24) is 19.8 Å². The van der Waals surface area contributed by atoms with Crippen LogP contribution < -0.4 is 5.32 Å². The van der Waals surface area contributed by atoms with E-state index in [0.717, 1.165) is 61.8 Å². The molecule has 4 rings (SSSR count). The third-order valence-corrected chi connectivity index (χ3v) is 5.60. The third kappa shape index (κ3) is 3.67. The highest BCUT2D eigenvalue weighted by Gasteiger charge is 2.29. The molecule has 1 amide bonds. The fourth-order valence-electron chi connectivity index (χ4n) is 4.11. The number of likely N-dealkylation sites (tertiary alicyclic amines) is 1. The van der Waals surface area contributed by atoms with Gasteiger partial charge in [-0.15, -0.1) is 0 Å². The predicted molar refractivity (Wildman–Crippen MR) is 106 cm³/mol. The zero-order valence-corrected chi connectivity index (χ0v) is 16.1. The molecule has 0 aliphatic carbocycles. The van der Waals surface area contributed by atoms with Crippen molar-refractivity contribution in [2.24, 2.45) is 0 Å². The molecule has 0 unspecified atom stereocenters. The van der Waals surface area contributed by atoms with Crippen LogP contribution >= 0.6 is 0 Å². The molecule has 6 nitrogen and oxygen atoms in total. The summed E-state index contributed by atoms with van der Waals surface area (Å²) in [5.41, 5.74) is 3.12. The van der Waals surface area contributed by atoms with Gasteiger partial charge in [-0.2, -0.15) is 0 Å². The molecule has 0 radical (unpaired) electrons. The van der Waals surface area contributed by atoms with Crippen molar-refractivity contribution < 1.29 is 4.79 Å². The molecule has 0 saturated carbocycles. The van der Waals surface area contributed by atoms with Gasteiger partial charge in [0.15, 0.2) is 0 Å². The summed E-state index contributed by atoms with van der Waals surface area (Å²) in [7, 11) is 4.06. The zero-order valence-electron chi connectivity index (χ0n) is 16.1. The number of carbonyl (C=O) groups excluding carboxylic acids is 1. The van der Waals surface area contributed by atoms with Gasteiger partial charge in [0.25, 0.3) is 5.91 Å². The van der Waals surface area contributed by atoms with Gasteiger partial charge in [0.1, 0.15) is 11.6 Å². The first kappa shape index (κ1) is 17.9. The van der Waals surface area contributed by atoms with Crippen LogP contribution in [0.5, 0.6) is 0 Å². The normalized spacial score (nSPS) is 20.2. The summed E-state index contributed by atoms with van der Waals surface area (Å²) in [6.07, 6.45) is 2.99. The number of nitrogens with zero attached hydrogens (tertiary/aromatic N) is 4. The average Bonchev–Trinajstić information content (AvgIpc) is 2.72. The Labute approximate surface area is 160 Å². The molecule has 0 spiro atoms. The van der Waals surface area contributed by atoms with E-state index >= 15 is 0 Å². The molecular weight excluding hydrogens is 338 g/mol. The number of anilines is 1. The van der Waals surface area contributed by atoms with Crippen molar-refractivity contribution in [2.75, 3.05) is 39.0 Å². The van der Waals surface area contributed by atoms with Gasteiger partial charge in [-0.05, 0) is 38.4 Å². The van der Waals surface area contributed by atoms with Gasteiger partial charge in [-0.3, -0.25) is 4.79 Å². The average molecular weight is 365 g/mol. The highest BCUT2D eigenvalue weighted by atomic mass is 16.2. The number of benzene rings is 1. The van der Waals surface area contributed by atoms with E-state index in [1.807, 2.05) is 42.3 Å². The van der Waals surface area contributed by atoms with Crippen molar-refractivity contribution in [1.29, 1.82) is 0 Å². The fourth-order valence-corrected chi connectivity index (χ4v) is 4.11. The molecule has 3 heterocycles. The zero-order chi connectivity index (χ0) is 18.8. The summed E-state index contributed by atoms with van der Waals surface area (Å²) in [6.45, 7) is 3.38. The molecule has 2 aromatic rings. The van der Waals surface area contributed by atoms with Gasteiger partial charge in [0.2, 0.25) is 0 Å². The highest BCUT2D eigenvalue weighted by Crippen LogP contribution is 2.30. The van der Waals surface area contributed by atoms with Gasteiger partial charge in [0.05, 0.1) is 5.69 Å². The maximum Gasteiger partial charge on any atom is 0.253 e. The van der Waals surface area contributed by atoms with Crippen LogP contribution in [0.15, 0.2) is 30.3 Å². The lowest BCUT2D eigenvalue weighted by atomic mass is 9.95. The molecule has 2 aliphatic heterocycles. The second-order valence-electron chi connectivity index (χ2n) is 7.55. The number of piperidine rings is 1. The second kappa shape index (κ2) is 7.64. The van der Waals surface area contributed by atoms with Crippen LogP contribution in [0.1, 0.15) is 46.2 Å². The number of likely N-dealkylation sites (N-methyl/N-ethyl adjacent to an activating group) is 1. The van der Waals surface area contributed by atoms with E-state index in [0.29, 0.717) is 6.54 Å². The van der Waals surface area contributed by atoms with E-state index < -0.39 is 0 Å². The van der Waals surface area contributed by atoms with Crippen LogP contribution in [-0.2, 0) is 13.0 Å². The van der Waals surface area contributed by atoms with E-state index in [9.17, 15) is 4.79 Å². The molecule has 1 saturated heterocycles. The Balaban J connectivity index is 1.58. The van der Waals surface area contributed by atoms with Crippen molar-refractivity contribution >= 4 is 11.7 Å². The Morgan fingerprint density at radius 2 is 2.00 bits per heavy atom.